The van der Waals surface area contributed by atoms with Crippen LogP contribution >= 0.6 is 0 Å². The van der Waals surface area contributed by atoms with E-state index < -0.39 is 12.1 Å². The Hall–Kier alpha value is -1.59. The van der Waals surface area contributed by atoms with Crippen LogP contribution in [0.3, 0.4) is 0 Å². The first-order valence-electron chi connectivity index (χ1n) is 8.95. The average Bonchev–Trinajstić information content (AvgIpc) is 2.62. The van der Waals surface area contributed by atoms with Crippen LogP contribution in [0.2, 0.25) is 0 Å². The van der Waals surface area contributed by atoms with Crippen LogP contribution in [0.1, 0.15) is 44.1 Å². The van der Waals surface area contributed by atoms with E-state index in [-0.39, 0.29) is 5.91 Å². The second kappa shape index (κ2) is 9.64. The van der Waals surface area contributed by atoms with Crippen LogP contribution in [0, 0.1) is 5.92 Å². The Morgan fingerprint density at radius 1 is 1.33 bits per heavy atom. The Bertz CT molecular complexity index is 515. The molecule has 4 N–H and O–H groups in total. The summed E-state index contributed by atoms with van der Waals surface area (Å²) in [6.45, 7) is 0.451. The molecule has 1 aromatic rings. The third-order valence-corrected chi connectivity index (χ3v) is 4.89. The molecule has 1 amide bonds. The summed E-state index contributed by atoms with van der Waals surface area (Å²) in [7, 11) is 1.63. The molecule has 1 aliphatic rings. The number of benzene rings is 1. The largest absolute Gasteiger partial charge is 0.496 e. The molecule has 1 fully saturated rings. The zero-order valence-electron chi connectivity index (χ0n) is 14.5. The molecule has 0 heterocycles. The molecule has 24 heavy (non-hydrogen) atoms. The molecule has 5 nitrogen and oxygen atoms in total. The summed E-state index contributed by atoms with van der Waals surface area (Å²) in [6, 6.07) is 7.23. The first-order chi connectivity index (χ1) is 11.6. The number of ether oxygens (including phenoxy) is 1. The molecule has 2 atom stereocenters. The number of rotatable bonds is 8. The standard InChI is InChI=1S/C19H30N2O3/c1-24-17-10-6-5-9-15(17)11-12-21-19(23)18(22)16(20)13-14-7-3-2-4-8-14/h5-6,9-10,14,16,18,22H,2-4,7-8,11-13,20H2,1H3,(H,21,23)/t16-,18?/m1/s1. The molecule has 1 aromatic carbocycles. The lowest BCUT2D eigenvalue weighted by Crippen LogP contribution is -2.47. The molecule has 0 spiro atoms. The third kappa shape index (κ3) is 5.49. The Balaban J connectivity index is 1.74. The number of para-hydroxylation sites is 1. The maximum absolute atomic E-state index is 12.1. The van der Waals surface area contributed by atoms with Gasteiger partial charge in [0.05, 0.1) is 7.11 Å². The van der Waals surface area contributed by atoms with Crippen molar-refractivity contribution in [3.63, 3.8) is 0 Å². The highest BCUT2D eigenvalue weighted by Gasteiger charge is 2.26. The predicted molar refractivity (Wildman–Crippen MR) is 94.9 cm³/mol. The molecule has 5 heteroatoms. The summed E-state index contributed by atoms with van der Waals surface area (Å²) in [6.07, 6.45) is 6.33. The van der Waals surface area contributed by atoms with Gasteiger partial charge in [-0.05, 0) is 30.4 Å². The number of nitrogens with one attached hydrogen (secondary N) is 1. The van der Waals surface area contributed by atoms with Gasteiger partial charge in [-0.15, -0.1) is 0 Å². The van der Waals surface area contributed by atoms with Crippen molar-refractivity contribution in [2.75, 3.05) is 13.7 Å². The summed E-state index contributed by atoms with van der Waals surface area (Å²) in [5, 5.41) is 12.9. The molecule has 0 aliphatic heterocycles. The highest BCUT2D eigenvalue weighted by atomic mass is 16.5. The van der Waals surface area contributed by atoms with Crippen LogP contribution in [0.25, 0.3) is 0 Å². The number of methoxy groups -OCH3 is 1. The summed E-state index contributed by atoms with van der Waals surface area (Å²) >= 11 is 0. The number of hydrogen-bond donors (Lipinski definition) is 3. The van der Waals surface area contributed by atoms with Gasteiger partial charge in [0.2, 0.25) is 5.91 Å². The van der Waals surface area contributed by atoms with Crippen LogP contribution in [0.4, 0.5) is 0 Å². The molecule has 0 aromatic heterocycles. The minimum absolute atomic E-state index is 0.381. The predicted octanol–water partition coefficient (Wildman–Crippen LogP) is 2.01. The topological polar surface area (TPSA) is 84.6 Å². The van der Waals surface area contributed by atoms with E-state index >= 15 is 0 Å². The molecule has 0 radical (unpaired) electrons. The van der Waals surface area contributed by atoms with E-state index in [4.69, 9.17) is 10.5 Å². The van der Waals surface area contributed by atoms with Crippen LogP contribution in [-0.2, 0) is 11.2 Å². The molecular formula is C19H30N2O3. The Morgan fingerprint density at radius 3 is 2.75 bits per heavy atom. The van der Waals surface area contributed by atoms with Crippen molar-refractivity contribution in [1.82, 2.24) is 5.32 Å². The van der Waals surface area contributed by atoms with Gasteiger partial charge in [0.25, 0.3) is 0 Å². The number of carbonyl (C=O) groups is 1. The van der Waals surface area contributed by atoms with E-state index in [1.807, 2.05) is 24.3 Å². The number of aliphatic hydroxyl groups is 1. The lowest BCUT2D eigenvalue weighted by molar-refractivity contribution is -0.130. The zero-order chi connectivity index (χ0) is 17.4. The van der Waals surface area contributed by atoms with E-state index in [1.54, 1.807) is 7.11 Å². The lowest BCUT2D eigenvalue weighted by Gasteiger charge is -2.26. The maximum Gasteiger partial charge on any atom is 0.250 e. The van der Waals surface area contributed by atoms with Gasteiger partial charge >= 0.3 is 0 Å². The normalized spacial score (nSPS) is 18.0. The third-order valence-electron chi connectivity index (χ3n) is 4.89. The van der Waals surface area contributed by atoms with Crippen LogP contribution < -0.4 is 15.8 Å². The molecule has 1 saturated carbocycles. The van der Waals surface area contributed by atoms with Crippen molar-refractivity contribution in [3.8, 4) is 5.75 Å². The molecule has 1 aliphatic carbocycles. The highest BCUT2D eigenvalue weighted by Crippen LogP contribution is 2.27. The quantitative estimate of drug-likeness (QED) is 0.679. The molecule has 2 rings (SSSR count). The van der Waals surface area contributed by atoms with Crippen molar-refractivity contribution >= 4 is 5.91 Å². The summed E-state index contributed by atoms with van der Waals surface area (Å²) in [4.78, 5) is 12.1. The van der Waals surface area contributed by atoms with E-state index in [1.165, 1.54) is 19.3 Å². The monoisotopic (exact) mass is 334 g/mol. The first kappa shape index (κ1) is 18.7. The summed E-state index contributed by atoms with van der Waals surface area (Å²) in [5.41, 5.74) is 7.08. The maximum atomic E-state index is 12.1. The van der Waals surface area contributed by atoms with Gasteiger partial charge < -0.3 is 20.9 Å². The van der Waals surface area contributed by atoms with E-state index in [0.717, 1.165) is 30.6 Å². The Morgan fingerprint density at radius 2 is 2.04 bits per heavy atom. The van der Waals surface area contributed by atoms with Gasteiger partial charge in [-0.25, -0.2) is 0 Å². The van der Waals surface area contributed by atoms with Crippen molar-refractivity contribution in [1.29, 1.82) is 0 Å². The van der Waals surface area contributed by atoms with E-state index in [0.29, 0.717) is 18.9 Å². The van der Waals surface area contributed by atoms with Gasteiger partial charge in [0.1, 0.15) is 11.9 Å². The van der Waals surface area contributed by atoms with E-state index in [2.05, 4.69) is 5.32 Å². The van der Waals surface area contributed by atoms with Crippen LogP contribution in [0.5, 0.6) is 5.75 Å². The highest BCUT2D eigenvalue weighted by molar-refractivity contribution is 5.81. The first-order valence-corrected chi connectivity index (χ1v) is 8.95. The SMILES string of the molecule is COc1ccccc1CCNC(=O)C(O)[C@H](N)CC1CCCCC1. The molecule has 0 bridgehead atoms. The van der Waals surface area contributed by atoms with Gasteiger partial charge in [0, 0.05) is 12.6 Å². The van der Waals surface area contributed by atoms with Gasteiger partial charge in [-0.2, -0.15) is 0 Å². The van der Waals surface area contributed by atoms with Crippen molar-refractivity contribution in [2.45, 2.75) is 57.1 Å². The van der Waals surface area contributed by atoms with Crippen molar-refractivity contribution in [2.24, 2.45) is 11.7 Å². The summed E-state index contributed by atoms with van der Waals surface area (Å²) in [5.74, 6) is 0.972. The van der Waals surface area contributed by atoms with Gasteiger partial charge in [-0.3, -0.25) is 4.79 Å². The minimum atomic E-state index is -1.13. The second-order valence-corrected chi connectivity index (χ2v) is 6.70. The fourth-order valence-corrected chi connectivity index (χ4v) is 3.47. The molecule has 0 saturated heterocycles. The number of carbonyl (C=O) groups excluding carboxylic acids is 1. The van der Waals surface area contributed by atoms with Gasteiger partial charge in [0.15, 0.2) is 0 Å². The number of aliphatic hydroxyl groups excluding tert-OH is 1. The van der Waals surface area contributed by atoms with Crippen molar-refractivity contribution < 1.29 is 14.6 Å². The van der Waals surface area contributed by atoms with Crippen LogP contribution in [0.15, 0.2) is 24.3 Å². The number of nitrogens with two attached hydrogens (primary N) is 1. The molecular weight excluding hydrogens is 304 g/mol. The fraction of sp³-hybridized carbons (Fsp3) is 0.632. The summed E-state index contributed by atoms with van der Waals surface area (Å²) < 4.78 is 5.29. The van der Waals surface area contributed by atoms with E-state index in [9.17, 15) is 9.90 Å². The number of hydrogen-bond acceptors (Lipinski definition) is 4. The molecule has 134 valence electrons. The van der Waals surface area contributed by atoms with Crippen LogP contribution in [-0.4, -0.2) is 36.8 Å². The minimum Gasteiger partial charge on any atom is -0.496 e. The van der Waals surface area contributed by atoms with Crippen molar-refractivity contribution in [3.05, 3.63) is 29.8 Å². The zero-order valence-corrected chi connectivity index (χ0v) is 14.5. The Labute approximate surface area is 144 Å². The smallest absolute Gasteiger partial charge is 0.250 e. The lowest BCUT2D eigenvalue weighted by atomic mass is 9.84. The number of amides is 1. The Kier molecular flexibility index (Phi) is 7.53. The average molecular weight is 334 g/mol. The fourth-order valence-electron chi connectivity index (χ4n) is 3.47. The second-order valence-electron chi connectivity index (χ2n) is 6.70. The van der Waals surface area contributed by atoms with Gasteiger partial charge in [-0.1, -0.05) is 50.3 Å². The molecule has 1 unspecified atom stereocenters.